The molecule has 1 aliphatic rings. The Morgan fingerprint density at radius 3 is 2.42 bits per heavy atom. The van der Waals surface area contributed by atoms with Gasteiger partial charge in [-0.15, -0.1) is 0 Å². The molecule has 2 N–H and O–H groups in total. The largest absolute Gasteiger partial charge is 0.393 e. The van der Waals surface area contributed by atoms with Crippen LogP contribution in [0.2, 0.25) is 0 Å². The van der Waals surface area contributed by atoms with Crippen molar-refractivity contribution in [2.24, 2.45) is 11.8 Å². The summed E-state index contributed by atoms with van der Waals surface area (Å²) in [5.41, 5.74) is -0.634. The van der Waals surface area contributed by atoms with Crippen LogP contribution in [0, 0.1) is 11.8 Å². The second-order valence-corrected chi connectivity index (χ2v) is 4.71. The molecule has 1 saturated carbocycles. The third kappa shape index (κ3) is 2.20. The molecule has 1 aliphatic carbocycles. The third-order valence-corrected chi connectivity index (χ3v) is 3.02. The van der Waals surface area contributed by atoms with E-state index in [2.05, 4.69) is 13.8 Å². The van der Waals surface area contributed by atoms with Gasteiger partial charge in [0, 0.05) is 6.42 Å². The second kappa shape index (κ2) is 3.35. The first-order valence-electron chi connectivity index (χ1n) is 4.83. The average Bonchev–Trinajstić information content (AvgIpc) is 1.83. The molecule has 0 aromatic heterocycles. The van der Waals surface area contributed by atoms with Crippen LogP contribution in [0.1, 0.15) is 40.0 Å². The molecular weight excluding hydrogens is 152 g/mol. The van der Waals surface area contributed by atoms with E-state index in [1.807, 2.05) is 6.92 Å². The molecule has 0 spiro atoms. The van der Waals surface area contributed by atoms with Gasteiger partial charge in [0.05, 0.1) is 11.7 Å². The average molecular weight is 172 g/mol. The molecule has 2 unspecified atom stereocenters. The minimum Gasteiger partial charge on any atom is -0.393 e. The fourth-order valence-electron chi connectivity index (χ4n) is 2.15. The second-order valence-electron chi connectivity index (χ2n) is 4.71. The van der Waals surface area contributed by atoms with Gasteiger partial charge in [0.15, 0.2) is 0 Å². The molecule has 1 fully saturated rings. The highest BCUT2D eigenvalue weighted by Crippen LogP contribution is 2.35. The van der Waals surface area contributed by atoms with Gasteiger partial charge in [-0.1, -0.05) is 13.8 Å². The molecule has 0 aromatic rings. The van der Waals surface area contributed by atoms with Crippen molar-refractivity contribution in [2.75, 3.05) is 0 Å². The van der Waals surface area contributed by atoms with Crippen molar-refractivity contribution in [1.82, 2.24) is 0 Å². The zero-order valence-electron chi connectivity index (χ0n) is 8.25. The lowest BCUT2D eigenvalue weighted by Gasteiger charge is -2.38. The lowest BCUT2D eigenvalue weighted by atomic mass is 9.73. The Morgan fingerprint density at radius 2 is 2.00 bits per heavy atom. The summed E-state index contributed by atoms with van der Waals surface area (Å²) < 4.78 is 0. The Balaban J connectivity index is 2.54. The van der Waals surface area contributed by atoms with Crippen LogP contribution in [0.3, 0.4) is 0 Å². The molecule has 1 rings (SSSR count). The summed E-state index contributed by atoms with van der Waals surface area (Å²) in [5.74, 6) is 0.904. The Morgan fingerprint density at radius 1 is 1.42 bits per heavy atom. The normalized spacial score (nSPS) is 43.5. The SMILES string of the molecule is CC(C)C1CC[C@](C)(O)CC1O. The molecule has 0 saturated heterocycles. The fourth-order valence-corrected chi connectivity index (χ4v) is 2.15. The van der Waals surface area contributed by atoms with E-state index in [1.54, 1.807) is 0 Å². The van der Waals surface area contributed by atoms with Crippen LogP contribution >= 0.6 is 0 Å². The smallest absolute Gasteiger partial charge is 0.0644 e. The van der Waals surface area contributed by atoms with Gasteiger partial charge >= 0.3 is 0 Å². The summed E-state index contributed by atoms with van der Waals surface area (Å²) in [6.07, 6.45) is 2.00. The van der Waals surface area contributed by atoms with Crippen molar-refractivity contribution in [3.8, 4) is 0 Å². The molecule has 0 radical (unpaired) electrons. The summed E-state index contributed by atoms with van der Waals surface area (Å²) in [7, 11) is 0. The van der Waals surface area contributed by atoms with Crippen LogP contribution < -0.4 is 0 Å². The van der Waals surface area contributed by atoms with E-state index in [0.29, 0.717) is 18.3 Å². The summed E-state index contributed by atoms with van der Waals surface area (Å²) >= 11 is 0. The number of aliphatic hydroxyl groups is 2. The Hall–Kier alpha value is -0.0800. The molecule has 3 atom stereocenters. The van der Waals surface area contributed by atoms with Crippen LogP contribution in [0.4, 0.5) is 0 Å². The fraction of sp³-hybridized carbons (Fsp3) is 1.00. The molecular formula is C10H20O2. The minimum atomic E-state index is -0.634. The molecule has 0 aromatic carbocycles. The van der Waals surface area contributed by atoms with Crippen molar-refractivity contribution in [2.45, 2.75) is 51.7 Å². The summed E-state index contributed by atoms with van der Waals surface area (Å²) in [5, 5.41) is 19.4. The van der Waals surface area contributed by atoms with E-state index in [0.717, 1.165) is 12.8 Å². The van der Waals surface area contributed by atoms with Crippen LogP contribution in [-0.2, 0) is 0 Å². The van der Waals surface area contributed by atoms with E-state index in [4.69, 9.17) is 0 Å². The van der Waals surface area contributed by atoms with E-state index in [9.17, 15) is 10.2 Å². The first kappa shape index (κ1) is 10.0. The van der Waals surface area contributed by atoms with Gasteiger partial charge in [0.25, 0.3) is 0 Å². The van der Waals surface area contributed by atoms with Gasteiger partial charge in [0.2, 0.25) is 0 Å². The zero-order valence-corrected chi connectivity index (χ0v) is 8.25. The monoisotopic (exact) mass is 172 g/mol. The van der Waals surface area contributed by atoms with Crippen molar-refractivity contribution in [3.05, 3.63) is 0 Å². The van der Waals surface area contributed by atoms with Gasteiger partial charge in [-0.05, 0) is 31.6 Å². The molecule has 0 amide bonds. The van der Waals surface area contributed by atoms with Crippen molar-refractivity contribution in [1.29, 1.82) is 0 Å². The van der Waals surface area contributed by atoms with Crippen LogP contribution in [0.5, 0.6) is 0 Å². The highest BCUT2D eigenvalue weighted by atomic mass is 16.3. The lowest BCUT2D eigenvalue weighted by molar-refractivity contribution is -0.0683. The molecule has 2 heteroatoms. The Labute approximate surface area is 74.6 Å². The first-order chi connectivity index (χ1) is 5.42. The van der Waals surface area contributed by atoms with Gasteiger partial charge in [-0.25, -0.2) is 0 Å². The van der Waals surface area contributed by atoms with Crippen LogP contribution in [0.25, 0.3) is 0 Å². The molecule has 0 bridgehead atoms. The van der Waals surface area contributed by atoms with E-state index in [1.165, 1.54) is 0 Å². The summed E-state index contributed by atoms with van der Waals surface area (Å²) in [4.78, 5) is 0. The highest BCUT2D eigenvalue weighted by molar-refractivity contribution is 4.88. The maximum atomic E-state index is 9.71. The molecule has 0 heterocycles. The van der Waals surface area contributed by atoms with Crippen molar-refractivity contribution in [3.63, 3.8) is 0 Å². The van der Waals surface area contributed by atoms with Gasteiger partial charge in [-0.2, -0.15) is 0 Å². The number of rotatable bonds is 1. The predicted octanol–water partition coefficient (Wildman–Crippen LogP) is 1.55. The van der Waals surface area contributed by atoms with Gasteiger partial charge < -0.3 is 10.2 Å². The first-order valence-corrected chi connectivity index (χ1v) is 4.83. The van der Waals surface area contributed by atoms with E-state index >= 15 is 0 Å². The minimum absolute atomic E-state index is 0.311. The Bertz CT molecular complexity index is 152. The number of aliphatic hydroxyl groups excluding tert-OH is 1. The van der Waals surface area contributed by atoms with Gasteiger partial charge in [-0.3, -0.25) is 0 Å². The standard InChI is InChI=1S/C10H20O2/c1-7(2)8-4-5-10(3,12)6-9(8)11/h7-9,11-12H,4-6H2,1-3H3/t8?,9?,10-/m0/s1. The van der Waals surface area contributed by atoms with Crippen molar-refractivity contribution < 1.29 is 10.2 Å². The van der Waals surface area contributed by atoms with E-state index < -0.39 is 5.60 Å². The number of hydrogen-bond donors (Lipinski definition) is 2. The molecule has 12 heavy (non-hydrogen) atoms. The lowest BCUT2D eigenvalue weighted by Crippen LogP contribution is -2.41. The maximum absolute atomic E-state index is 9.71. The zero-order chi connectivity index (χ0) is 9.35. The molecule has 0 aliphatic heterocycles. The third-order valence-electron chi connectivity index (χ3n) is 3.02. The van der Waals surface area contributed by atoms with Crippen molar-refractivity contribution >= 4 is 0 Å². The van der Waals surface area contributed by atoms with Gasteiger partial charge in [0.1, 0.15) is 0 Å². The van der Waals surface area contributed by atoms with Crippen LogP contribution in [0.15, 0.2) is 0 Å². The highest BCUT2D eigenvalue weighted by Gasteiger charge is 2.36. The van der Waals surface area contributed by atoms with E-state index in [-0.39, 0.29) is 6.10 Å². The Kier molecular flexibility index (Phi) is 2.79. The molecule has 2 nitrogen and oxygen atoms in total. The van der Waals surface area contributed by atoms with Crippen LogP contribution in [-0.4, -0.2) is 21.9 Å². The summed E-state index contributed by atoms with van der Waals surface area (Å²) in [6.45, 7) is 6.08. The topological polar surface area (TPSA) is 40.5 Å². The predicted molar refractivity (Wildman–Crippen MR) is 48.8 cm³/mol. The number of hydrogen-bond acceptors (Lipinski definition) is 2. The molecule has 72 valence electrons. The quantitative estimate of drug-likeness (QED) is 0.630. The maximum Gasteiger partial charge on any atom is 0.0644 e. The summed E-state index contributed by atoms with van der Waals surface area (Å²) in [6, 6.07) is 0.